The van der Waals surface area contributed by atoms with Crippen LogP contribution in [0.3, 0.4) is 0 Å². The van der Waals surface area contributed by atoms with E-state index in [4.69, 9.17) is 6.42 Å². The lowest BCUT2D eigenvalue weighted by atomic mass is 9.70. The van der Waals surface area contributed by atoms with E-state index in [0.717, 1.165) is 30.6 Å². The highest BCUT2D eigenvalue weighted by Crippen LogP contribution is 2.41. The van der Waals surface area contributed by atoms with Crippen molar-refractivity contribution < 1.29 is 32.4 Å². The Morgan fingerprint density at radius 2 is 1.80 bits per heavy atom. The average Bonchev–Trinajstić information content (AvgIpc) is 3.82. The number of nitrogens with zero attached hydrogens (tertiary/aromatic N) is 2. The van der Waals surface area contributed by atoms with E-state index < -0.39 is 74.6 Å². The SMILES string of the molecule is C#CCCC(NC(=O)[C@@H]1[C@@H](C(C)C)CCN1C(=O)[C@@H](NC(=O)N[C@H](CN(C)S(=O)(=O)c1cccs1)C(C)(C)C)C1(C)CCCCC1)C(=O)C(=O)NCC=C. The molecule has 2 aliphatic rings. The molecule has 1 saturated heterocycles. The van der Waals surface area contributed by atoms with Crippen LogP contribution in [0.25, 0.3) is 0 Å². The highest BCUT2D eigenvalue weighted by atomic mass is 32.2. The molecule has 300 valence electrons. The number of terminal acetylenes is 1. The summed E-state index contributed by atoms with van der Waals surface area (Å²) in [6, 6.07) is -1.22. The van der Waals surface area contributed by atoms with E-state index >= 15 is 0 Å². The topological polar surface area (TPSA) is 174 Å². The summed E-state index contributed by atoms with van der Waals surface area (Å²) >= 11 is 1.12. The van der Waals surface area contributed by atoms with Crippen LogP contribution >= 0.6 is 11.3 Å². The van der Waals surface area contributed by atoms with E-state index in [2.05, 4.69) is 33.8 Å². The molecule has 15 heteroatoms. The third-order valence-electron chi connectivity index (χ3n) is 10.9. The quantitative estimate of drug-likeness (QED) is 0.105. The monoisotopic (exact) mass is 788 g/mol. The van der Waals surface area contributed by atoms with Gasteiger partial charge in [-0.2, -0.15) is 4.31 Å². The van der Waals surface area contributed by atoms with Gasteiger partial charge in [0.15, 0.2) is 0 Å². The summed E-state index contributed by atoms with van der Waals surface area (Å²) in [7, 11) is -2.32. The van der Waals surface area contributed by atoms with Crippen molar-refractivity contribution >= 4 is 50.9 Å². The Labute approximate surface area is 325 Å². The summed E-state index contributed by atoms with van der Waals surface area (Å²) in [5.74, 6) is -0.494. The van der Waals surface area contributed by atoms with Gasteiger partial charge >= 0.3 is 6.03 Å². The number of rotatable bonds is 17. The molecule has 1 aromatic heterocycles. The number of sulfonamides is 1. The number of urea groups is 1. The van der Waals surface area contributed by atoms with E-state index in [1.54, 1.807) is 11.4 Å². The number of ketones is 1. The number of amides is 5. The molecule has 5 amide bonds. The summed E-state index contributed by atoms with van der Waals surface area (Å²) in [5, 5.41) is 12.9. The molecule has 54 heavy (non-hydrogen) atoms. The van der Waals surface area contributed by atoms with Crippen LogP contribution in [0.5, 0.6) is 0 Å². The second-order valence-electron chi connectivity index (χ2n) is 16.2. The number of hydrogen-bond acceptors (Lipinski definition) is 8. The number of Topliss-reactive ketones (excluding diaryl/α,β-unsaturated/α-hetero) is 1. The highest BCUT2D eigenvalue weighted by Gasteiger charge is 2.50. The molecule has 5 atom stereocenters. The van der Waals surface area contributed by atoms with Crippen LogP contribution in [-0.4, -0.2) is 98.0 Å². The Morgan fingerprint density at radius 3 is 2.35 bits per heavy atom. The van der Waals surface area contributed by atoms with Gasteiger partial charge in [0.1, 0.15) is 16.3 Å². The van der Waals surface area contributed by atoms with Crippen molar-refractivity contribution in [2.75, 3.05) is 26.7 Å². The number of nitrogens with one attached hydrogen (secondary N) is 4. The molecule has 0 aromatic carbocycles. The van der Waals surface area contributed by atoms with Gasteiger partial charge in [-0.05, 0) is 59.8 Å². The molecule has 1 unspecified atom stereocenters. The first-order chi connectivity index (χ1) is 25.3. The van der Waals surface area contributed by atoms with Crippen LogP contribution in [0.4, 0.5) is 4.79 Å². The summed E-state index contributed by atoms with van der Waals surface area (Å²) in [6.45, 7) is 15.5. The van der Waals surface area contributed by atoms with Crippen molar-refractivity contribution in [2.45, 2.75) is 121 Å². The molecule has 1 aliphatic carbocycles. The highest BCUT2D eigenvalue weighted by molar-refractivity contribution is 7.91. The Kier molecular flexibility index (Phi) is 15.9. The predicted molar refractivity (Wildman–Crippen MR) is 211 cm³/mol. The van der Waals surface area contributed by atoms with Gasteiger partial charge in [0.2, 0.25) is 17.6 Å². The molecule has 4 N–H and O–H groups in total. The van der Waals surface area contributed by atoms with Crippen LogP contribution in [0.2, 0.25) is 0 Å². The molecule has 1 saturated carbocycles. The lowest BCUT2D eigenvalue weighted by Crippen LogP contribution is -2.63. The lowest BCUT2D eigenvalue weighted by molar-refractivity contribution is -0.145. The van der Waals surface area contributed by atoms with Crippen LogP contribution < -0.4 is 21.3 Å². The summed E-state index contributed by atoms with van der Waals surface area (Å²) in [4.78, 5) is 70.3. The smallest absolute Gasteiger partial charge is 0.315 e. The minimum absolute atomic E-state index is 0.00994. The lowest BCUT2D eigenvalue weighted by Gasteiger charge is -2.43. The molecule has 0 bridgehead atoms. The van der Waals surface area contributed by atoms with Crippen molar-refractivity contribution in [3.05, 3.63) is 30.2 Å². The van der Waals surface area contributed by atoms with Gasteiger partial charge in [-0.3, -0.25) is 19.2 Å². The van der Waals surface area contributed by atoms with E-state index in [-0.39, 0.29) is 48.5 Å². The van der Waals surface area contributed by atoms with Gasteiger partial charge in [-0.1, -0.05) is 72.9 Å². The minimum atomic E-state index is -3.79. The third-order valence-corrected chi connectivity index (χ3v) is 14.1. The second kappa shape index (κ2) is 19.2. The number of carbonyl (C=O) groups excluding carboxylic acids is 5. The standard InChI is InChI=1S/C39H60N6O7S2/c1-10-12-17-28(32(46)35(48)40-22-11-2)41-34(47)31-27(26(3)4)19-23-45(31)36(49)33(39(8)20-14-13-15-21-39)43-37(50)42-29(38(5,6)7)25-44(9)54(51,52)30-18-16-24-53-30/h1,11,16,18,24,26-29,31,33H,2,12-15,17,19-23,25H2,3-9H3,(H,40,48)(H,41,47)(H2,42,43,50)/t27-,28?,29-,31+,33-/m1/s1. The molecule has 13 nitrogen and oxygen atoms in total. The molecule has 2 heterocycles. The summed E-state index contributed by atoms with van der Waals surface area (Å²) in [5.41, 5.74) is -1.20. The van der Waals surface area contributed by atoms with Gasteiger partial charge < -0.3 is 26.2 Å². The van der Waals surface area contributed by atoms with Crippen molar-refractivity contribution in [1.29, 1.82) is 0 Å². The van der Waals surface area contributed by atoms with Crippen molar-refractivity contribution in [3.63, 3.8) is 0 Å². The van der Waals surface area contributed by atoms with Crippen LogP contribution in [0.15, 0.2) is 34.4 Å². The largest absolute Gasteiger partial charge is 0.346 e. The maximum Gasteiger partial charge on any atom is 0.315 e. The zero-order valence-corrected chi connectivity index (χ0v) is 34.5. The average molecular weight is 789 g/mol. The summed E-state index contributed by atoms with van der Waals surface area (Å²) < 4.78 is 28.0. The Morgan fingerprint density at radius 1 is 1.13 bits per heavy atom. The fraction of sp³-hybridized carbons (Fsp3) is 0.667. The second-order valence-corrected chi connectivity index (χ2v) is 19.5. The van der Waals surface area contributed by atoms with Crippen molar-refractivity contribution in [1.82, 2.24) is 30.5 Å². The Balaban J connectivity index is 1.92. The molecule has 2 fully saturated rings. The minimum Gasteiger partial charge on any atom is -0.346 e. The number of likely N-dealkylation sites (tertiary alicyclic amines) is 1. The molecular weight excluding hydrogens is 729 g/mol. The molecule has 1 aliphatic heterocycles. The van der Waals surface area contributed by atoms with E-state index in [9.17, 15) is 32.4 Å². The Bertz CT molecular complexity index is 1640. The van der Waals surface area contributed by atoms with Crippen LogP contribution in [-0.2, 0) is 29.2 Å². The molecule has 1 aromatic rings. The van der Waals surface area contributed by atoms with E-state index in [1.165, 1.54) is 28.4 Å². The first-order valence-corrected chi connectivity index (χ1v) is 21.1. The first kappa shape index (κ1) is 44.7. The molecule has 0 radical (unpaired) electrons. The molecule has 0 spiro atoms. The third kappa shape index (κ3) is 11.2. The fourth-order valence-corrected chi connectivity index (χ4v) is 9.78. The van der Waals surface area contributed by atoms with E-state index in [0.29, 0.717) is 19.3 Å². The predicted octanol–water partition coefficient (Wildman–Crippen LogP) is 4.06. The van der Waals surface area contributed by atoms with Crippen LogP contribution in [0.1, 0.15) is 92.9 Å². The maximum atomic E-state index is 14.9. The number of hydrogen-bond donors (Lipinski definition) is 4. The van der Waals surface area contributed by atoms with Gasteiger partial charge in [-0.15, -0.1) is 30.3 Å². The zero-order valence-electron chi connectivity index (χ0n) is 32.9. The van der Waals surface area contributed by atoms with Crippen LogP contribution in [0, 0.1) is 35.0 Å². The van der Waals surface area contributed by atoms with E-state index in [1.807, 2.05) is 41.5 Å². The number of carbonyl (C=O) groups is 5. The van der Waals surface area contributed by atoms with Gasteiger partial charge in [-0.25, -0.2) is 13.2 Å². The number of likely N-dealkylation sites (N-methyl/N-ethyl adjacent to an activating group) is 1. The zero-order chi connectivity index (χ0) is 40.4. The molecule has 3 rings (SSSR count). The normalized spacial score (nSPS) is 20.3. The summed E-state index contributed by atoms with van der Waals surface area (Å²) in [6.07, 6.45) is 11.7. The Hall–Kier alpha value is -3.74. The molecular formula is C39H60N6O7S2. The fourth-order valence-electron chi connectivity index (χ4n) is 7.40. The van der Waals surface area contributed by atoms with Gasteiger partial charge in [0, 0.05) is 39.1 Å². The van der Waals surface area contributed by atoms with Crippen molar-refractivity contribution in [2.24, 2.45) is 22.7 Å². The van der Waals surface area contributed by atoms with Gasteiger partial charge in [0.05, 0.1) is 6.04 Å². The number of thiophene rings is 1. The maximum absolute atomic E-state index is 14.9. The first-order valence-electron chi connectivity index (χ1n) is 18.8. The van der Waals surface area contributed by atoms with Gasteiger partial charge in [0.25, 0.3) is 15.9 Å². The van der Waals surface area contributed by atoms with Crippen molar-refractivity contribution in [3.8, 4) is 12.3 Å².